The molecule has 0 aliphatic heterocycles. The van der Waals surface area contributed by atoms with Crippen LogP contribution in [0.5, 0.6) is 0 Å². The van der Waals surface area contributed by atoms with Crippen LogP contribution in [0.25, 0.3) is 0 Å². The van der Waals surface area contributed by atoms with Gasteiger partial charge in [0.05, 0.1) is 5.56 Å². The summed E-state index contributed by atoms with van der Waals surface area (Å²) in [7, 11) is 0. The zero-order valence-corrected chi connectivity index (χ0v) is 9.06. The van der Waals surface area contributed by atoms with Gasteiger partial charge in [-0.25, -0.2) is 13.2 Å². The van der Waals surface area contributed by atoms with Crippen molar-refractivity contribution in [3.8, 4) is 12.3 Å². The van der Waals surface area contributed by atoms with Crippen molar-refractivity contribution < 1.29 is 18.0 Å². The monoisotopic (exact) mass is 241 g/mol. The van der Waals surface area contributed by atoms with Gasteiger partial charge in [0.15, 0.2) is 17.5 Å². The van der Waals surface area contributed by atoms with E-state index in [4.69, 9.17) is 6.42 Å². The normalized spacial score (nSPS) is 11.7. The number of nitrogens with one attached hydrogen (secondary N) is 1. The van der Waals surface area contributed by atoms with Crippen molar-refractivity contribution in [3.05, 3.63) is 35.1 Å². The number of amides is 1. The van der Waals surface area contributed by atoms with Crippen LogP contribution in [0.4, 0.5) is 13.2 Å². The first kappa shape index (κ1) is 13.1. The summed E-state index contributed by atoms with van der Waals surface area (Å²) in [6.07, 6.45) is 5.29. The molecule has 0 radical (unpaired) electrons. The van der Waals surface area contributed by atoms with Crippen LogP contribution < -0.4 is 5.32 Å². The second-order valence-electron chi connectivity index (χ2n) is 3.51. The molecule has 90 valence electrons. The minimum Gasteiger partial charge on any atom is -0.349 e. The standard InChI is InChI=1S/C12H10F3NO/c1-3-4-7(2)16-12(17)8-5-6-9(13)11(15)10(8)14/h1,5-7H,4H2,2H3,(H,16,17). The predicted molar refractivity (Wildman–Crippen MR) is 56.7 cm³/mol. The molecule has 0 aliphatic carbocycles. The number of rotatable bonds is 3. The molecule has 0 heterocycles. The molecule has 5 heteroatoms. The Kier molecular flexibility index (Phi) is 4.16. The van der Waals surface area contributed by atoms with Crippen molar-refractivity contribution in [1.29, 1.82) is 0 Å². The smallest absolute Gasteiger partial charge is 0.254 e. The van der Waals surface area contributed by atoms with Gasteiger partial charge in [-0.15, -0.1) is 12.3 Å². The number of carbonyl (C=O) groups excluding carboxylic acids is 1. The van der Waals surface area contributed by atoms with E-state index >= 15 is 0 Å². The average molecular weight is 241 g/mol. The highest BCUT2D eigenvalue weighted by Gasteiger charge is 2.19. The average Bonchev–Trinajstić information content (AvgIpc) is 2.26. The maximum absolute atomic E-state index is 13.2. The minimum atomic E-state index is -1.66. The van der Waals surface area contributed by atoms with Crippen LogP contribution in [-0.2, 0) is 0 Å². The Hall–Kier alpha value is -1.96. The summed E-state index contributed by atoms with van der Waals surface area (Å²) in [4.78, 5) is 11.5. The fraction of sp³-hybridized carbons (Fsp3) is 0.250. The SMILES string of the molecule is C#CCC(C)NC(=O)c1ccc(F)c(F)c1F. The van der Waals surface area contributed by atoms with Gasteiger partial charge in [0, 0.05) is 12.5 Å². The van der Waals surface area contributed by atoms with Crippen LogP contribution >= 0.6 is 0 Å². The Morgan fingerprint density at radius 2 is 2.06 bits per heavy atom. The summed E-state index contributed by atoms with van der Waals surface area (Å²) in [5.41, 5.74) is -0.548. The number of carbonyl (C=O) groups is 1. The van der Waals surface area contributed by atoms with Gasteiger partial charge in [-0.1, -0.05) is 0 Å². The Labute approximate surface area is 96.8 Å². The fourth-order valence-electron chi connectivity index (χ4n) is 1.23. The van der Waals surface area contributed by atoms with Crippen LogP contribution in [0.2, 0.25) is 0 Å². The third-order valence-corrected chi connectivity index (χ3v) is 2.08. The number of benzene rings is 1. The van der Waals surface area contributed by atoms with Gasteiger partial charge in [0.2, 0.25) is 0 Å². The molecule has 1 N–H and O–H groups in total. The van der Waals surface area contributed by atoms with Gasteiger partial charge in [-0.05, 0) is 19.1 Å². The maximum Gasteiger partial charge on any atom is 0.254 e. The number of halogens is 3. The summed E-state index contributed by atoms with van der Waals surface area (Å²) in [5, 5.41) is 2.37. The zero-order valence-electron chi connectivity index (χ0n) is 9.06. The van der Waals surface area contributed by atoms with E-state index in [2.05, 4.69) is 11.2 Å². The number of terminal acetylenes is 1. The molecule has 1 atom stereocenters. The summed E-state index contributed by atoms with van der Waals surface area (Å²) in [5.74, 6) is -3.02. The van der Waals surface area contributed by atoms with E-state index in [0.717, 1.165) is 6.07 Å². The van der Waals surface area contributed by atoms with Gasteiger partial charge in [0.25, 0.3) is 5.91 Å². The quantitative estimate of drug-likeness (QED) is 0.638. The highest BCUT2D eigenvalue weighted by molar-refractivity contribution is 5.94. The summed E-state index contributed by atoms with van der Waals surface area (Å²) < 4.78 is 38.7. The van der Waals surface area contributed by atoms with Crippen LogP contribution in [-0.4, -0.2) is 11.9 Å². The van der Waals surface area contributed by atoms with E-state index in [0.29, 0.717) is 6.07 Å². The second-order valence-corrected chi connectivity index (χ2v) is 3.51. The topological polar surface area (TPSA) is 29.1 Å². The molecule has 0 fully saturated rings. The van der Waals surface area contributed by atoms with E-state index in [9.17, 15) is 18.0 Å². The molecule has 0 aliphatic rings. The van der Waals surface area contributed by atoms with E-state index in [1.807, 2.05) is 0 Å². The molecule has 17 heavy (non-hydrogen) atoms. The molecule has 2 nitrogen and oxygen atoms in total. The lowest BCUT2D eigenvalue weighted by Gasteiger charge is -2.11. The molecule has 1 unspecified atom stereocenters. The van der Waals surface area contributed by atoms with Gasteiger partial charge < -0.3 is 5.32 Å². The van der Waals surface area contributed by atoms with Crippen LogP contribution in [0.1, 0.15) is 23.7 Å². The van der Waals surface area contributed by atoms with E-state index in [-0.39, 0.29) is 12.5 Å². The molecular formula is C12H10F3NO. The van der Waals surface area contributed by atoms with Crippen molar-refractivity contribution >= 4 is 5.91 Å². The first-order valence-corrected chi connectivity index (χ1v) is 4.85. The van der Waals surface area contributed by atoms with E-state index in [1.54, 1.807) is 6.92 Å². The summed E-state index contributed by atoms with van der Waals surface area (Å²) in [6, 6.07) is 1.20. The molecule has 0 saturated carbocycles. The highest BCUT2D eigenvalue weighted by atomic mass is 19.2. The van der Waals surface area contributed by atoms with Crippen molar-refractivity contribution in [3.63, 3.8) is 0 Å². The molecule has 1 aromatic rings. The van der Waals surface area contributed by atoms with E-state index in [1.165, 1.54) is 0 Å². The summed E-state index contributed by atoms with van der Waals surface area (Å²) >= 11 is 0. The van der Waals surface area contributed by atoms with E-state index < -0.39 is 28.9 Å². The minimum absolute atomic E-state index is 0.261. The lowest BCUT2D eigenvalue weighted by Crippen LogP contribution is -2.33. The third kappa shape index (κ3) is 3.00. The molecule has 1 amide bonds. The third-order valence-electron chi connectivity index (χ3n) is 2.08. The number of hydrogen-bond acceptors (Lipinski definition) is 1. The van der Waals surface area contributed by atoms with Crippen LogP contribution in [0, 0.1) is 29.8 Å². The Morgan fingerprint density at radius 1 is 1.41 bits per heavy atom. The molecule has 0 saturated heterocycles. The largest absolute Gasteiger partial charge is 0.349 e. The van der Waals surface area contributed by atoms with Crippen molar-refractivity contribution in [2.24, 2.45) is 0 Å². The van der Waals surface area contributed by atoms with Gasteiger partial charge in [-0.2, -0.15) is 0 Å². The van der Waals surface area contributed by atoms with Gasteiger partial charge in [0.1, 0.15) is 0 Å². The molecule has 0 aromatic heterocycles. The molecule has 1 rings (SSSR count). The number of hydrogen-bond donors (Lipinski definition) is 1. The summed E-state index contributed by atoms with van der Waals surface area (Å²) in [6.45, 7) is 1.62. The van der Waals surface area contributed by atoms with Gasteiger partial charge in [-0.3, -0.25) is 4.79 Å². The maximum atomic E-state index is 13.2. The lowest BCUT2D eigenvalue weighted by molar-refractivity contribution is 0.0935. The lowest BCUT2D eigenvalue weighted by atomic mass is 10.1. The Bertz CT molecular complexity index is 479. The zero-order chi connectivity index (χ0) is 13.0. The molecular weight excluding hydrogens is 231 g/mol. The van der Waals surface area contributed by atoms with Crippen molar-refractivity contribution in [1.82, 2.24) is 5.32 Å². The highest BCUT2D eigenvalue weighted by Crippen LogP contribution is 2.15. The molecule has 0 bridgehead atoms. The first-order chi connectivity index (χ1) is 7.97. The Balaban J connectivity index is 2.91. The van der Waals surface area contributed by atoms with Crippen molar-refractivity contribution in [2.45, 2.75) is 19.4 Å². The second kappa shape index (κ2) is 5.39. The molecule has 1 aromatic carbocycles. The molecule has 0 spiro atoms. The Morgan fingerprint density at radius 3 is 2.65 bits per heavy atom. The van der Waals surface area contributed by atoms with Crippen LogP contribution in [0.3, 0.4) is 0 Å². The van der Waals surface area contributed by atoms with Gasteiger partial charge >= 0.3 is 0 Å². The first-order valence-electron chi connectivity index (χ1n) is 4.85. The predicted octanol–water partition coefficient (Wildman–Crippen LogP) is 2.25. The van der Waals surface area contributed by atoms with Crippen LogP contribution in [0.15, 0.2) is 12.1 Å². The van der Waals surface area contributed by atoms with Crippen molar-refractivity contribution in [2.75, 3.05) is 0 Å². The fourth-order valence-corrected chi connectivity index (χ4v) is 1.23.